The third-order valence-corrected chi connectivity index (χ3v) is 5.85. The van der Waals surface area contributed by atoms with Crippen LogP contribution in [0.3, 0.4) is 0 Å². The highest BCUT2D eigenvalue weighted by molar-refractivity contribution is 5.94. The van der Waals surface area contributed by atoms with Gasteiger partial charge in [0.25, 0.3) is 5.91 Å². The van der Waals surface area contributed by atoms with Gasteiger partial charge in [-0.2, -0.15) is 26.3 Å². The van der Waals surface area contributed by atoms with Crippen LogP contribution >= 0.6 is 0 Å². The van der Waals surface area contributed by atoms with Crippen LogP contribution in [0.25, 0.3) is 0 Å². The lowest BCUT2D eigenvalue weighted by molar-refractivity contribution is -0.186. The minimum atomic E-state index is -4.68. The van der Waals surface area contributed by atoms with Crippen LogP contribution in [0.5, 0.6) is 0 Å². The summed E-state index contributed by atoms with van der Waals surface area (Å²) in [5.74, 6) is -2.79. The second-order valence-electron chi connectivity index (χ2n) is 9.20. The summed E-state index contributed by atoms with van der Waals surface area (Å²) >= 11 is 0. The van der Waals surface area contributed by atoms with Crippen molar-refractivity contribution < 1.29 is 40.3 Å². The van der Waals surface area contributed by atoms with Gasteiger partial charge in [-0.1, -0.05) is 26.7 Å². The van der Waals surface area contributed by atoms with Gasteiger partial charge in [0.2, 0.25) is 0 Å². The van der Waals surface area contributed by atoms with Gasteiger partial charge < -0.3 is 5.32 Å². The third kappa shape index (κ3) is 11.7. The number of rotatable bonds is 9. The van der Waals surface area contributed by atoms with E-state index in [0.717, 1.165) is 31.7 Å². The molecule has 4 nitrogen and oxygen atoms in total. The van der Waals surface area contributed by atoms with Crippen LogP contribution < -0.4 is 5.32 Å². The molecule has 206 valence electrons. The molecule has 1 aromatic rings. The van der Waals surface area contributed by atoms with Crippen LogP contribution in [-0.4, -0.2) is 48.9 Å². The van der Waals surface area contributed by atoms with Gasteiger partial charge >= 0.3 is 12.4 Å². The van der Waals surface area contributed by atoms with Gasteiger partial charge in [-0.25, -0.2) is 4.39 Å². The number of nitrogens with one attached hydrogen (secondary N) is 1. The monoisotopic (exact) mass is 528 g/mol. The molecule has 1 aliphatic rings. The number of hydrogen-bond acceptors (Lipinski definition) is 3. The molecule has 1 aromatic carbocycles. The van der Waals surface area contributed by atoms with Crippen LogP contribution in [0.2, 0.25) is 0 Å². The number of ketones is 1. The topological polar surface area (TPSA) is 49.4 Å². The van der Waals surface area contributed by atoms with Gasteiger partial charge in [0, 0.05) is 18.7 Å². The number of carbonyl (C=O) groups is 2. The van der Waals surface area contributed by atoms with Crippen LogP contribution in [0, 0.1) is 17.7 Å². The van der Waals surface area contributed by atoms with E-state index >= 15 is 0 Å². The molecule has 2 rings (SSSR count). The van der Waals surface area contributed by atoms with Gasteiger partial charge in [0.05, 0.1) is 18.0 Å². The molecular weight excluding hydrogens is 493 g/mol. The van der Waals surface area contributed by atoms with Crippen LogP contribution in [0.4, 0.5) is 30.7 Å². The Morgan fingerprint density at radius 3 is 2.17 bits per heavy atom. The fourth-order valence-corrected chi connectivity index (χ4v) is 4.17. The fourth-order valence-electron chi connectivity index (χ4n) is 4.17. The number of Topliss-reactive ketones (excluding diaryl/α,β-unsaturated/α-hetero) is 1. The van der Waals surface area contributed by atoms with E-state index in [1.807, 2.05) is 13.8 Å². The SMILES string of the molecule is CC(=O)CN1CCCC(C(F)(F)F)C1.CCCC(CCC)CNC(=O)c1cc(F)cc(C(F)(F)F)c1. The molecule has 1 atom stereocenters. The Balaban J connectivity index is 0.000000397. The van der Waals surface area contributed by atoms with Crippen molar-refractivity contribution in [1.29, 1.82) is 0 Å². The average molecular weight is 529 g/mol. The summed E-state index contributed by atoms with van der Waals surface area (Å²) in [6, 6.07) is 1.88. The summed E-state index contributed by atoms with van der Waals surface area (Å²) in [4.78, 5) is 24.3. The van der Waals surface area contributed by atoms with Gasteiger partial charge in [-0.3, -0.25) is 14.5 Å². The van der Waals surface area contributed by atoms with E-state index in [0.29, 0.717) is 31.6 Å². The first-order valence-corrected chi connectivity index (χ1v) is 12.1. The number of hydrogen-bond donors (Lipinski definition) is 1. The molecule has 11 heteroatoms. The number of carbonyl (C=O) groups excluding carboxylic acids is 2. The molecule has 1 unspecified atom stereocenters. The van der Waals surface area contributed by atoms with E-state index in [-0.39, 0.29) is 36.8 Å². The number of benzene rings is 1. The smallest absolute Gasteiger partial charge is 0.352 e. The normalized spacial score (nSPS) is 16.9. The fraction of sp³-hybridized carbons (Fsp3) is 0.680. The average Bonchev–Trinajstić information content (AvgIpc) is 2.76. The molecule has 0 aromatic heterocycles. The van der Waals surface area contributed by atoms with Gasteiger partial charge in [0.15, 0.2) is 0 Å². The minimum Gasteiger partial charge on any atom is -0.352 e. The maximum atomic E-state index is 13.3. The largest absolute Gasteiger partial charge is 0.416 e. The van der Waals surface area contributed by atoms with Gasteiger partial charge in [-0.15, -0.1) is 0 Å². The molecule has 1 fully saturated rings. The van der Waals surface area contributed by atoms with Crippen LogP contribution in [0.1, 0.15) is 75.2 Å². The first-order valence-electron chi connectivity index (χ1n) is 12.1. The van der Waals surface area contributed by atoms with Crippen molar-refractivity contribution in [2.24, 2.45) is 11.8 Å². The van der Waals surface area contributed by atoms with Crippen molar-refractivity contribution in [3.8, 4) is 0 Å². The van der Waals surface area contributed by atoms with Crippen molar-refractivity contribution >= 4 is 11.7 Å². The number of amides is 1. The first kappa shape index (κ1) is 31.9. The molecular formula is C25H35F7N2O2. The van der Waals surface area contributed by atoms with E-state index in [1.165, 1.54) is 6.92 Å². The Kier molecular flexibility index (Phi) is 12.9. The van der Waals surface area contributed by atoms with Crippen molar-refractivity contribution in [1.82, 2.24) is 10.2 Å². The van der Waals surface area contributed by atoms with Crippen molar-refractivity contribution in [2.45, 2.75) is 71.6 Å². The summed E-state index contributed by atoms with van der Waals surface area (Å²) in [5.41, 5.74) is -1.46. The molecule has 1 amide bonds. The second-order valence-corrected chi connectivity index (χ2v) is 9.20. The molecule has 0 saturated carbocycles. The van der Waals surface area contributed by atoms with Crippen molar-refractivity contribution in [3.05, 3.63) is 35.1 Å². The number of likely N-dealkylation sites (tertiary alicyclic amines) is 1. The Hall–Kier alpha value is -2.17. The Morgan fingerprint density at radius 2 is 1.67 bits per heavy atom. The number of alkyl halides is 6. The third-order valence-electron chi connectivity index (χ3n) is 5.85. The van der Waals surface area contributed by atoms with E-state index in [4.69, 9.17) is 0 Å². The molecule has 1 N–H and O–H groups in total. The maximum absolute atomic E-state index is 13.3. The highest BCUT2D eigenvalue weighted by Gasteiger charge is 2.41. The van der Waals surface area contributed by atoms with Crippen molar-refractivity contribution in [2.75, 3.05) is 26.2 Å². The zero-order valence-corrected chi connectivity index (χ0v) is 20.9. The molecule has 1 heterocycles. The number of nitrogens with zero attached hydrogens (tertiary/aromatic N) is 1. The summed E-state index contributed by atoms with van der Waals surface area (Å²) in [6.45, 7) is 6.58. The lowest BCUT2D eigenvalue weighted by Gasteiger charge is -2.32. The van der Waals surface area contributed by atoms with Gasteiger partial charge in [-0.05, 0) is 63.3 Å². The Bertz CT molecular complexity index is 835. The minimum absolute atomic E-state index is 0.0247. The first-order chi connectivity index (χ1) is 16.7. The lowest BCUT2D eigenvalue weighted by Crippen LogP contribution is -2.43. The quantitative estimate of drug-likeness (QED) is 0.366. The van der Waals surface area contributed by atoms with Crippen LogP contribution in [-0.2, 0) is 11.0 Å². The molecule has 0 spiro atoms. The van der Waals surface area contributed by atoms with E-state index < -0.39 is 35.6 Å². The van der Waals surface area contributed by atoms with E-state index in [9.17, 15) is 40.3 Å². The van der Waals surface area contributed by atoms with Crippen molar-refractivity contribution in [3.63, 3.8) is 0 Å². The van der Waals surface area contributed by atoms with E-state index in [2.05, 4.69) is 5.32 Å². The number of halogens is 7. The second kappa shape index (κ2) is 14.5. The zero-order chi connectivity index (χ0) is 27.5. The summed E-state index contributed by atoms with van der Waals surface area (Å²) < 4.78 is 88.2. The predicted molar refractivity (Wildman–Crippen MR) is 123 cm³/mol. The maximum Gasteiger partial charge on any atom is 0.416 e. The molecule has 36 heavy (non-hydrogen) atoms. The molecule has 0 radical (unpaired) electrons. The molecule has 0 bridgehead atoms. The lowest BCUT2D eigenvalue weighted by atomic mass is 9.97. The molecule has 0 aliphatic carbocycles. The summed E-state index contributed by atoms with van der Waals surface area (Å²) in [5, 5.41) is 2.60. The Labute approximate surface area is 207 Å². The molecule has 1 saturated heterocycles. The summed E-state index contributed by atoms with van der Waals surface area (Å²) in [7, 11) is 0. The predicted octanol–water partition coefficient (Wildman–Crippen LogP) is 6.64. The zero-order valence-electron chi connectivity index (χ0n) is 20.9. The highest BCUT2D eigenvalue weighted by Crippen LogP contribution is 2.33. The van der Waals surface area contributed by atoms with Gasteiger partial charge in [0.1, 0.15) is 11.6 Å². The highest BCUT2D eigenvalue weighted by atomic mass is 19.4. The number of piperidine rings is 1. The van der Waals surface area contributed by atoms with Crippen LogP contribution in [0.15, 0.2) is 18.2 Å². The standard InChI is InChI=1S/C16H21F4NO.C9H14F3NO/c1-3-5-11(6-4-2)10-21-15(22)12-7-13(16(18,19)20)9-14(17)8-12;1-7(14)5-13-4-2-3-8(6-13)9(10,11)12/h7-9,11H,3-6,10H2,1-2H3,(H,21,22);8H,2-6H2,1H3. The summed E-state index contributed by atoms with van der Waals surface area (Å²) in [6.07, 6.45) is -4.26. The Morgan fingerprint density at radius 1 is 1.06 bits per heavy atom. The van der Waals surface area contributed by atoms with E-state index in [1.54, 1.807) is 4.90 Å². The molecule has 1 aliphatic heterocycles.